The van der Waals surface area contributed by atoms with Gasteiger partial charge in [0, 0.05) is 5.92 Å². The van der Waals surface area contributed by atoms with Crippen molar-refractivity contribution in [2.24, 2.45) is 0 Å². The molecule has 2 atom stereocenters. The normalized spacial score (nSPS) is 13.8. The van der Waals surface area contributed by atoms with E-state index in [9.17, 15) is 25.5 Å². The number of aromatic hydroxyl groups is 3. The number of aliphatic hydroxyl groups is 2. The summed E-state index contributed by atoms with van der Waals surface area (Å²) in [5, 5.41) is 47.7. The molecule has 0 aliphatic carbocycles. The average Bonchev–Trinajstić information content (AvgIpc) is 2.46. The number of phenols is 3. The topological polar surface area (TPSA) is 101 Å². The van der Waals surface area contributed by atoms with Crippen molar-refractivity contribution >= 4 is 0 Å². The Bertz CT molecular complexity index is 594. The predicted octanol–water partition coefficient (Wildman–Crippen LogP) is 1.48. The van der Waals surface area contributed by atoms with Crippen molar-refractivity contribution in [3.8, 4) is 17.2 Å². The first-order valence-electron chi connectivity index (χ1n) is 6.60. The number of aliphatic hydroxyl groups excluding tert-OH is 2. The standard InChI is InChI=1S/C16H18O5/c17-9-13(11-2-4-12(18)5-3-11)15(20)7-10-1-6-14(19)16(21)8-10/h1-6,8,13,15,17-21H,7,9H2. The van der Waals surface area contributed by atoms with Crippen molar-refractivity contribution in [3.05, 3.63) is 53.6 Å². The van der Waals surface area contributed by atoms with Gasteiger partial charge in [0.25, 0.3) is 0 Å². The zero-order valence-electron chi connectivity index (χ0n) is 11.3. The van der Waals surface area contributed by atoms with Crippen LogP contribution >= 0.6 is 0 Å². The molecule has 5 nitrogen and oxygen atoms in total. The molecule has 2 aromatic carbocycles. The molecule has 2 aromatic rings. The molecule has 0 saturated carbocycles. The molecule has 0 aliphatic rings. The van der Waals surface area contributed by atoms with Gasteiger partial charge in [0.1, 0.15) is 5.75 Å². The molecule has 0 fully saturated rings. The summed E-state index contributed by atoms with van der Waals surface area (Å²) in [6.45, 7) is -0.240. The molecular formula is C16H18O5. The monoisotopic (exact) mass is 290 g/mol. The maximum absolute atomic E-state index is 10.3. The fourth-order valence-corrected chi connectivity index (χ4v) is 2.25. The first-order valence-corrected chi connectivity index (χ1v) is 6.60. The molecule has 0 aromatic heterocycles. The Balaban J connectivity index is 2.14. The lowest BCUT2D eigenvalue weighted by molar-refractivity contribution is 0.106. The van der Waals surface area contributed by atoms with Gasteiger partial charge in [-0.2, -0.15) is 0 Å². The van der Waals surface area contributed by atoms with Crippen molar-refractivity contribution in [3.63, 3.8) is 0 Å². The third kappa shape index (κ3) is 3.65. The lowest BCUT2D eigenvalue weighted by Gasteiger charge is -2.21. The maximum atomic E-state index is 10.3. The van der Waals surface area contributed by atoms with Gasteiger partial charge in [-0.3, -0.25) is 0 Å². The lowest BCUT2D eigenvalue weighted by atomic mass is 9.90. The van der Waals surface area contributed by atoms with Crippen LogP contribution in [0.5, 0.6) is 17.2 Å². The Kier molecular flexibility index (Phi) is 4.67. The zero-order chi connectivity index (χ0) is 15.4. The highest BCUT2D eigenvalue weighted by atomic mass is 16.3. The zero-order valence-corrected chi connectivity index (χ0v) is 11.3. The van der Waals surface area contributed by atoms with Gasteiger partial charge in [0.15, 0.2) is 11.5 Å². The van der Waals surface area contributed by atoms with E-state index in [1.807, 2.05) is 0 Å². The van der Waals surface area contributed by atoms with Crippen LogP contribution in [0.3, 0.4) is 0 Å². The van der Waals surface area contributed by atoms with Crippen molar-refractivity contribution in [2.45, 2.75) is 18.4 Å². The highest BCUT2D eigenvalue weighted by Crippen LogP contribution is 2.28. The van der Waals surface area contributed by atoms with Crippen molar-refractivity contribution in [1.29, 1.82) is 0 Å². The van der Waals surface area contributed by atoms with E-state index in [2.05, 4.69) is 0 Å². The summed E-state index contributed by atoms with van der Waals surface area (Å²) in [6.07, 6.45) is -0.636. The minimum absolute atomic E-state index is 0.119. The molecule has 5 N–H and O–H groups in total. The number of benzene rings is 2. The highest BCUT2D eigenvalue weighted by molar-refractivity contribution is 5.41. The first-order chi connectivity index (χ1) is 10.0. The Morgan fingerprint density at radius 1 is 0.857 bits per heavy atom. The third-order valence-electron chi connectivity index (χ3n) is 3.47. The van der Waals surface area contributed by atoms with Crippen LogP contribution in [0.15, 0.2) is 42.5 Å². The van der Waals surface area contributed by atoms with Crippen LogP contribution in [-0.2, 0) is 6.42 Å². The van der Waals surface area contributed by atoms with E-state index in [1.54, 1.807) is 18.2 Å². The Labute approximate surface area is 122 Å². The molecule has 112 valence electrons. The quantitative estimate of drug-likeness (QED) is 0.537. The van der Waals surface area contributed by atoms with Gasteiger partial charge in [0.05, 0.1) is 12.7 Å². The second-order valence-corrected chi connectivity index (χ2v) is 4.98. The smallest absolute Gasteiger partial charge is 0.157 e. The minimum Gasteiger partial charge on any atom is -0.508 e. The summed E-state index contributed by atoms with van der Waals surface area (Å²) in [6, 6.07) is 10.6. The third-order valence-corrected chi connectivity index (χ3v) is 3.47. The molecule has 21 heavy (non-hydrogen) atoms. The second kappa shape index (κ2) is 6.47. The second-order valence-electron chi connectivity index (χ2n) is 4.98. The number of hydrogen-bond acceptors (Lipinski definition) is 5. The summed E-state index contributed by atoms with van der Waals surface area (Å²) < 4.78 is 0. The molecule has 2 rings (SSSR count). The predicted molar refractivity (Wildman–Crippen MR) is 77.4 cm³/mol. The highest BCUT2D eigenvalue weighted by Gasteiger charge is 2.21. The maximum Gasteiger partial charge on any atom is 0.157 e. The van der Waals surface area contributed by atoms with Crippen LogP contribution in [0, 0.1) is 0 Å². The van der Waals surface area contributed by atoms with Gasteiger partial charge in [0.2, 0.25) is 0 Å². The van der Waals surface area contributed by atoms with Crippen molar-refractivity contribution in [1.82, 2.24) is 0 Å². The van der Waals surface area contributed by atoms with E-state index in [0.29, 0.717) is 11.1 Å². The molecule has 0 amide bonds. The molecule has 0 heterocycles. The van der Waals surface area contributed by atoms with Gasteiger partial charge in [-0.25, -0.2) is 0 Å². The van der Waals surface area contributed by atoms with Crippen LogP contribution in [-0.4, -0.2) is 38.2 Å². The molecule has 0 aliphatic heterocycles. The van der Waals surface area contributed by atoms with E-state index < -0.39 is 12.0 Å². The fourth-order valence-electron chi connectivity index (χ4n) is 2.25. The van der Waals surface area contributed by atoms with E-state index in [4.69, 9.17) is 0 Å². The molecule has 2 unspecified atom stereocenters. The van der Waals surface area contributed by atoms with Crippen molar-refractivity contribution in [2.75, 3.05) is 6.61 Å². The van der Waals surface area contributed by atoms with Crippen molar-refractivity contribution < 1.29 is 25.5 Å². The van der Waals surface area contributed by atoms with Gasteiger partial charge in [-0.05, 0) is 41.8 Å². The summed E-state index contributed by atoms with van der Waals surface area (Å²) in [4.78, 5) is 0. The molecule has 5 heteroatoms. The molecule has 0 bridgehead atoms. The summed E-state index contributed by atoms with van der Waals surface area (Å²) >= 11 is 0. The van der Waals surface area contributed by atoms with Crippen LogP contribution in [0.25, 0.3) is 0 Å². The molecule has 0 saturated heterocycles. The van der Waals surface area contributed by atoms with Gasteiger partial charge in [-0.15, -0.1) is 0 Å². The minimum atomic E-state index is -0.858. The first kappa shape index (κ1) is 15.2. The van der Waals surface area contributed by atoms with E-state index in [1.165, 1.54) is 24.3 Å². The Hall–Kier alpha value is -2.24. The van der Waals surface area contributed by atoms with E-state index in [-0.39, 0.29) is 30.3 Å². The molecule has 0 radical (unpaired) electrons. The summed E-state index contributed by atoms with van der Waals surface area (Å²) in [7, 11) is 0. The molecular weight excluding hydrogens is 272 g/mol. The summed E-state index contributed by atoms with van der Waals surface area (Å²) in [5.41, 5.74) is 1.36. The van der Waals surface area contributed by atoms with Crippen LogP contribution < -0.4 is 0 Å². The lowest BCUT2D eigenvalue weighted by Crippen LogP contribution is -2.24. The van der Waals surface area contributed by atoms with E-state index in [0.717, 1.165) is 0 Å². The van der Waals surface area contributed by atoms with Crippen LogP contribution in [0.2, 0.25) is 0 Å². The number of hydrogen-bond donors (Lipinski definition) is 5. The van der Waals surface area contributed by atoms with Crippen LogP contribution in [0.1, 0.15) is 17.0 Å². The van der Waals surface area contributed by atoms with Gasteiger partial charge in [-0.1, -0.05) is 18.2 Å². The molecule has 0 spiro atoms. The van der Waals surface area contributed by atoms with E-state index >= 15 is 0 Å². The number of rotatable bonds is 5. The summed E-state index contributed by atoms with van der Waals surface area (Å²) in [5.74, 6) is -0.842. The largest absolute Gasteiger partial charge is 0.508 e. The Morgan fingerprint density at radius 3 is 2.10 bits per heavy atom. The fraction of sp³-hybridized carbons (Fsp3) is 0.250. The van der Waals surface area contributed by atoms with Gasteiger partial charge >= 0.3 is 0 Å². The Morgan fingerprint density at radius 2 is 1.52 bits per heavy atom. The average molecular weight is 290 g/mol. The number of phenolic OH excluding ortho intramolecular Hbond substituents is 3. The van der Waals surface area contributed by atoms with Gasteiger partial charge < -0.3 is 25.5 Å². The SMILES string of the molecule is OCC(c1ccc(O)cc1)C(O)Cc1ccc(O)c(O)c1. The van der Waals surface area contributed by atoms with Crippen LogP contribution in [0.4, 0.5) is 0 Å².